The van der Waals surface area contributed by atoms with Crippen molar-refractivity contribution in [3.8, 4) is 0 Å². The van der Waals surface area contributed by atoms with Crippen LogP contribution in [0.3, 0.4) is 0 Å². The van der Waals surface area contributed by atoms with Crippen molar-refractivity contribution in [1.82, 2.24) is 4.98 Å². The molecule has 0 aliphatic heterocycles. The van der Waals surface area contributed by atoms with E-state index in [2.05, 4.69) is 26.2 Å². The first-order valence-corrected chi connectivity index (χ1v) is 6.74. The second-order valence-electron chi connectivity index (χ2n) is 4.02. The molecule has 3 nitrogen and oxygen atoms in total. The Hall–Kier alpha value is -1.60. The summed E-state index contributed by atoms with van der Waals surface area (Å²) in [5, 5.41) is 2.32. The van der Waals surface area contributed by atoms with Crippen LogP contribution in [0, 0.1) is 0 Å². The molecular weight excluding hydrogens is 373 g/mol. The van der Waals surface area contributed by atoms with E-state index in [1.165, 1.54) is 24.4 Å². The van der Waals surface area contributed by atoms with Gasteiger partial charge in [-0.25, -0.2) is 4.98 Å². The fraction of sp³-hybridized carbons (Fsp3) is 0.0769. The minimum Gasteiger partial charge on any atom is -0.322 e. The van der Waals surface area contributed by atoms with Gasteiger partial charge in [-0.3, -0.25) is 4.79 Å². The predicted molar refractivity (Wildman–Crippen MR) is 76.3 cm³/mol. The number of pyridine rings is 1. The van der Waals surface area contributed by atoms with Gasteiger partial charge in [0.25, 0.3) is 5.91 Å². The number of hydrogen-bond donors (Lipinski definition) is 1. The molecule has 1 heterocycles. The van der Waals surface area contributed by atoms with Crippen molar-refractivity contribution in [2.24, 2.45) is 0 Å². The lowest BCUT2D eigenvalue weighted by atomic mass is 10.2. The molecule has 21 heavy (non-hydrogen) atoms. The zero-order valence-electron chi connectivity index (χ0n) is 10.2. The molecule has 8 heteroatoms. The number of alkyl halides is 3. The van der Waals surface area contributed by atoms with Crippen LogP contribution in [0.4, 0.5) is 18.9 Å². The molecule has 0 atom stereocenters. The van der Waals surface area contributed by atoms with Gasteiger partial charge >= 0.3 is 6.18 Å². The summed E-state index contributed by atoms with van der Waals surface area (Å²) >= 11 is 8.93. The molecule has 0 aliphatic rings. The maximum atomic E-state index is 12.6. The lowest BCUT2D eigenvalue weighted by Crippen LogP contribution is -2.14. The van der Waals surface area contributed by atoms with Gasteiger partial charge in [0.15, 0.2) is 0 Å². The first kappa shape index (κ1) is 15.8. The average Bonchev–Trinajstić information content (AvgIpc) is 2.41. The number of rotatable bonds is 2. The van der Waals surface area contributed by atoms with Gasteiger partial charge < -0.3 is 5.32 Å². The van der Waals surface area contributed by atoms with Crippen LogP contribution in [0.5, 0.6) is 0 Å². The standard InChI is InChI=1S/C13H7BrClF3N2O/c14-8-5-10(11(15)19-6-8)12(21)20-9-3-1-2-7(4-9)13(16,17)18/h1-6H,(H,20,21). The Morgan fingerprint density at radius 3 is 2.67 bits per heavy atom. The fourth-order valence-electron chi connectivity index (χ4n) is 1.55. The Labute approximate surface area is 131 Å². The van der Waals surface area contributed by atoms with Crippen molar-refractivity contribution in [1.29, 1.82) is 0 Å². The summed E-state index contributed by atoms with van der Waals surface area (Å²) in [6, 6.07) is 5.75. The molecule has 2 aromatic rings. The van der Waals surface area contributed by atoms with Crippen LogP contribution in [-0.2, 0) is 6.18 Å². The van der Waals surface area contributed by atoms with Gasteiger partial charge in [-0.1, -0.05) is 17.7 Å². The van der Waals surface area contributed by atoms with Gasteiger partial charge in [0.05, 0.1) is 11.1 Å². The van der Waals surface area contributed by atoms with Crippen LogP contribution >= 0.6 is 27.5 Å². The quantitative estimate of drug-likeness (QED) is 0.764. The number of anilines is 1. The van der Waals surface area contributed by atoms with Crippen molar-refractivity contribution < 1.29 is 18.0 Å². The first-order chi connectivity index (χ1) is 9.77. The highest BCUT2D eigenvalue weighted by atomic mass is 79.9. The highest BCUT2D eigenvalue weighted by molar-refractivity contribution is 9.10. The third kappa shape index (κ3) is 3.95. The molecule has 0 fully saturated rings. The van der Waals surface area contributed by atoms with E-state index in [1.807, 2.05) is 0 Å². The van der Waals surface area contributed by atoms with Gasteiger partial charge in [-0.15, -0.1) is 0 Å². The minimum absolute atomic E-state index is 0.0193. The van der Waals surface area contributed by atoms with E-state index in [0.29, 0.717) is 4.47 Å². The molecule has 0 saturated heterocycles. The predicted octanol–water partition coefficient (Wildman–Crippen LogP) is 4.77. The summed E-state index contributed by atoms with van der Waals surface area (Å²) in [6.07, 6.45) is -3.07. The van der Waals surface area contributed by atoms with Crippen LogP contribution in [0.1, 0.15) is 15.9 Å². The number of carbonyl (C=O) groups is 1. The zero-order chi connectivity index (χ0) is 15.6. The zero-order valence-corrected chi connectivity index (χ0v) is 12.6. The van der Waals surface area contributed by atoms with E-state index >= 15 is 0 Å². The molecular formula is C13H7BrClF3N2O. The smallest absolute Gasteiger partial charge is 0.322 e. The number of nitrogens with zero attached hydrogens (tertiary/aromatic N) is 1. The van der Waals surface area contributed by atoms with E-state index in [9.17, 15) is 18.0 Å². The van der Waals surface area contributed by atoms with E-state index in [4.69, 9.17) is 11.6 Å². The van der Waals surface area contributed by atoms with Gasteiger partial charge in [0, 0.05) is 16.4 Å². The van der Waals surface area contributed by atoms with E-state index < -0.39 is 17.6 Å². The summed E-state index contributed by atoms with van der Waals surface area (Å²) in [5.74, 6) is -0.645. The molecule has 110 valence electrons. The van der Waals surface area contributed by atoms with E-state index in [0.717, 1.165) is 12.1 Å². The van der Waals surface area contributed by atoms with E-state index in [1.54, 1.807) is 0 Å². The van der Waals surface area contributed by atoms with Crippen LogP contribution in [-0.4, -0.2) is 10.9 Å². The van der Waals surface area contributed by atoms with Crippen molar-refractivity contribution in [2.75, 3.05) is 5.32 Å². The normalized spacial score (nSPS) is 11.3. The molecule has 2 rings (SSSR count). The third-order valence-corrected chi connectivity index (χ3v) is 3.23. The molecule has 1 N–H and O–H groups in total. The Morgan fingerprint density at radius 1 is 1.29 bits per heavy atom. The van der Waals surface area contributed by atoms with Crippen LogP contribution < -0.4 is 5.32 Å². The monoisotopic (exact) mass is 378 g/mol. The Kier molecular flexibility index (Phi) is 4.53. The molecule has 0 unspecified atom stereocenters. The first-order valence-electron chi connectivity index (χ1n) is 5.57. The summed E-state index contributed by atoms with van der Waals surface area (Å²) in [7, 11) is 0. The Balaban J connectivity index is 2.26. The van der Waals surface area contributed by atoms with Crippen molar-refractivity contribution >= 4 is 39.1 Å². The highest BCUT2D eigenvalue weighted by Crippen LogP contribution is 2.31. The summed E-state index contributed by atoms with van der Waals surface area (Å²) < 4.78 is 38.3. The third-order valence-electron chi connectivity index (χ3n) is 2.50. The van der Waals surface area contributed by atoms with Crippen molar-refractivity contribution in [3.05, 3.63) is 57.3 Å². The maximum absolute atomic E-state index is 12.6. The topological polar surface area (TPSA) is 42.0 Å². The largest absolute Gasteiger partial charge is 0.416 e. The SMILES string of the molecule is O=C(Nc1cccc(C(F)(F)F)c1)c1cc(Br)cnc1Cl. The number of aromatic nitrogens is 1. The highest BCUT2D eigenvalue weighted by Gasteiger charge is 2.30. The summed E-state index contributed by atoms with van der Waals surface area (Å²) in [4.78, 5) is 15.8. The second-order valence-corrected chi connectivity index (χ2v) is 5.30. The Bertz CT molecular complexity index is 691. The lowest BCUT2D eigenvalue weighted by molar-refractivity contribution is -0.137. The fourth-order valence-corrected chi connectivity index (χ4v) is 2.07. The summed E-state index contributed by atoms with van der Waals surface area (Å²) in [6.45, 7) is 0. The number of halogens is 5. The molecule has 1 amide bonds. The van der Waals surface area contributed by atoms with Gasteiger partial charge in [0.1, 0.15) is 5.15 Å². The molecule has 0 radical (unpaired) electrons. The Morgan fingerprint density at radius 2 is 2.00 bits per heavy atom. The minimum atomic E-state index is -4.48. The van der Waals surface area contributed by atoms with Crippen LogP contribution in [0.15, 0.2) is 41.0 Å². The van der Waals surface area contributed by atoms with Gasteiger partial charge in [-0.2, -0.15) is 13.2 Å². The molecule has 1 aromatic heterocycles. The van der Waals surface area contributed by atoms with Gasteiger partial charge in [0.2, 0.25) is 0 Å². The van der Waals surface area contributed by atoms with Gasteiger partial charge in [-0.05, 0) is 40.2 Å². The van der Waals surface area contributed by atoms with Crippen LogP contribution in [0.2, 0.25) is 5.15 Å². The molecule has 1 aromatic carbocycles. The lowest BCUT2D eigenvalue weighted by Gasteiger charge is -2.10. The molecule has 0 aliphatic carbocycles. The average molecular weight is 380 g/mol. The van der Waals surface area contributed by atoms with Crippen molar-refractivity contribution in [2.45, 2.75) is 6.18 Å². The van der Waals surface area contributed by atoms with E-state index in [-0.39, 0.29) is 16.4 Å². The molecule has 0 spiro atoms. The molecule has 0 saturated carbocycles. The number of nitrogens with one attached hydrogen (secondary N) is 1. The number of carbonyl (C=O) groups excluding carboxylic acids is 1. The maximum Gasteiger partial charge on any atom is 0.416 e. The van der Waals surface area contributed by atoms with Crippen LogP contribution in [0.25, 0.3) is 0 Å². The molecule has 0 bridgehead atoms. The number of hydrogen-bond acceptors (Lipinski definition) is 2. The second kappa shape index (κ2) is 6.03. The van der Waals surface area contributed by atoms with Crippen molar-refractivity contribution in [3.63, 3.8) is 0 Å². The summed E-state index contributed by atoms with van der Waals surface area (Å²) in [5.41, 5.74) is -0.770. The number of amides is 1. The number of benzene rings is 1.